The SMILES string of the molecule is CC.CCN1CCN(C(C)=O)C(C)C1. The first-order valence-electron chi connectivity index (χ1n) is 5.64. The predicted octanol–water partition coefficient (Wildman–Crippen LogP) is 1.59. The monoisotopic (exact) mass is 200 g/mol. The molecule has 0 aromatic rings. The van der Waals surface area contributed by atoms with Gasteiger partial charge >= 0.3 is 0 Å². The molecule has 1 unspecified atom stereocenters. The molecule has 1 aliphatic rings. The highest BCUT2D eigenvalue weighted by molar-refractivity contribution is 5.73. The third-order valence-corrected chi connectivity index (χ3v) is 2.56. The van der Waals surface area contributed by atoms with Crippen molar-refractivity contribution in [1.82, 2.24) is 9.80 Å². The lowest BCUT2D eigenvalue weighted by atomic mass is 10.2. The van der Waals surface area contributed by atoms with Gasteiger partial charge in [-0.25, -0.2) is 0 Å². The van der Waals surface area contributed by atoms with Crippen molar-refractivity contribution in [3.63, 3.8) is 0 Å². The van der Waals surface area contributed by atoms with E-state index in [-0.39, 0.29) is 5.91 Å². The molecule has 0 aromatic heterocycles. The molecule has 1 amide bonds. The zero-order valence-corrected chi connectivity index (χ0v) is 10.2. The molecule has 0 aromatic carbocycles. The van der Waals surface area contributed by atoms with E-state index in [2.05, 4.69) is 18.7 Å². The Balaban J connectivity index is 0.000000791. The lowest BCUT2D eigenvalue weighted by molar-refractivity contribution is -0.133. The van der Waals surface area contributed by atoms with E-state index in [1.807, 2.05) is 18.7 Å². The fourth-order valence-corrected chi connectivity index (χ4v) is 1.79. The van der Waals surface area contributed by atoms with Crippen molar-refractivity contribution >= 4 is 5.91 Å². The third kappa shape index (κ3) is 3.66. The van der Waals surface area contributed by atoms with Crippen LogP contribution in [0, 0.1) is 0 Å². The highest BCUT2D eigenvalue weighted by atomic mass is 16.2. The Morgan fingerprint density at radius 3 is 2.29 bits per heavy atom. The first kappa shape index (κ1) is 13.4. The molecule has 0 radical (unpaired) electrons. The first-order chi connectivity index (χ1) is 6.65. The smallest absolute Gasteiger partial charge is 0.219 e. The fraction of sp³-hybridized carbons (Fsp3) is 0.909. The molecule has 3 heteroatoms. The van der Waals surface area contributed by atoms with E-state index in [1.54, 1.807) is 6.92 Å². The Morgan fingerprint density at radius 1 is 1.36 bits per heavy atom. The summed E-state index contributed by atoms with van der Waals surface area (Å²) in [6.45, 7) is 14.0. The number of hydrogen-bond acceptors (Lipinski definition) is 2. The molecule has 1 aliphatic heterocycles. The lowest BCUT2D eigenvalue weighted by Gasteiger charge is -2.38. The van der Waals surface area contributed by atoms with E-state index in [1.165, 1.54) is 0 Å². The van der Waals surface area contributed by atoms with Crippen LogP contribution in [0.4, 0.5) is 0 Å². The van der Waals surface area contributed by atoms with Gasteiger partial charge in [-0.05, 0) is 13.5 Å². The van der Waals surface area contributed by atoms with Crippen LogP contribution in [0.25, 0.3) is 0 Å². The maximum atomic E-state index is 11.1. The van der Waals surface area contributed by atoms with Gasteiger partial charge in [0.15, 0.2) is 0 Å². The van der Waals surface area contributed by atoms with Crippen molar-refractivity contribution in [2.45, 2.75) is 40.7 Å². The molecular weight excluding hydrogens is 176 g/mol. The topological polar surface area (TPSA) is 23.6 Å². The van der Waals surface area contributed by atoms with Gasteiger partial charge < -0.3 is 4.90 Å². The van der Waals surface area contributed by atoms with E-state index in [0.29, 0.717) is 6.04 Å². The van der Waals surface area contributed by atoms with Gasteiger partial charge in [0.1, 0.15) is 0 Å². The van der Waals surface area contributed by atoms with Crippen LogP contribution in [-0.2, 0) is 4.79 Å². The maximum absolute atomic E-state index is 11.1. The van der Waals surface area contributed by atoms with Crippen LogP contribution in [0.15, 0.2) is 0 Å². The molecule has 1 heterocycles. The standard InChI is InChI=1S/C9H18N2O.C2H6/c1-4-10-5-6-11(9(3)12)8(2)7-10;1-2/h8H,4-7H2,1-3H3;1-2H3. The van der Waals surface area contributed by atoms with Crippen molar-refractivity contribution in [3.8, 4) is 0 Å². The quantitative estimate of drug-likeness (QED) is 0.641. The van der Waals surface area contributed by atoms with Gasteiger partial charge in [-0.15, -0.1) is 0 Å². The predicted molar refractivity (Wildman–Crippen MR) is 60.3 cm³/mol. The molecule has 1 atom stereocenters. The summed E-state index contributed by atoms with van der Waals surface area (Å²) >= 11 is 0. The van der Waals surface area contributed by atoms with Crippen LogP contribution in [0.1, 0.15) is 34.6 Å². The molecule has 0 saturated carbocycles. The molecule has 0 spiro atoms. The molecule has 0 bridgehead atoms. The minimum Gasteiger partial charge on any atom is -0.338 e. The summed E-state index contributed by atoms with van der Waals surface area (Å²) in [5.74, 6) is 0.207. The second-order valence-corrected chi connectivity index (χ2v) is 3.45. The summed E-state index contributed by atoms with van der Waals surface area (Å²) in [6, 6.07) is 0.385. The highest BCUT2D eigenvalue weighted by Crippen LogP contribution is 2.08. The maximum Gasteiger partial charge on any atom is 0.219 e. The number of rotatable bonds is 1. The molecule has 14 heavy (non-hydrogen) atoms. The number of piperazine rings is 1. The molecule has 1 rings (SSSR count). The molecule has 3 nitrogen and oxygen atoms in total. The summed E-state index contributed by atoms with van der Waals surface area (Å²) in [5.41, 5.74) is 0. The Kier molecular flexibility index (Phi) is 6.54. The number of amides is 1. The normalized spacial score (nSPS) is 22.6. The van der Waals surface area contributed by atoms with Crippen molar-refractivity contribution in [2.75, 3.05) is 26.2 Å². The summed E-state index contributed by atoms with van der Waals surface area (Å²) in [7, 11) is 0. The zero-order valence-electron chi connectivity index (χ0n) is 10.2. The van der Waals surface area contributed by atoms with Crippen LogP contribution >= 0.6 is 0 Å². The van der Waals surface area contributed by atoms with Gasteiger partial charge in [0.05, 0.1) is 0 Å². The molecule has 84 valence electrons. The Labute approximate surface area is 88.1 Å². The number of hydrogen-bond donors (Lipinski definition) is 0. The minimum absolute atomic E-state index is 0.207. The van der Waals surface area contributed by atoms with Gasteiger partial charge in [0.25, 0.3) is 0 Å². The van der Waals surface area contributed by atoms with Gasteiger partial charge in [-0.1, -0.05) is 20.8 Å². The average Bonchev–Trinajstić information content (AvgIpc) is 2.20. The van der Waals surface area contributed by atoms with Gasteiger partial charge in [0, 0.05) is 32.6 Å². The molecule has 0 aliphatic carbocycles. The van der Waals surface area contributed by atoms with Crippen LogP contribution in [0.5, 0.6) is 0 Å². The molecular formula is C11H24N2O. The summed E-state index contributed by atoms with van der Waals surface area (Å²) in [5, 5.41) is 0. The highest BCUT2D eigenvalue weighted by Gasteiger charge is 2.23. The van der Waals surface area contributed by atoms with Crippen LogP contribution in [0.3, 0.4) is 0 Å². The molecule has 1 saturated heterocycles. The van der Waals surface area contributed by atoms with Gasteiger partial charge in [-0.3, -0.25) is 9.69 Å². The second-order valence-electron chi connectivity index (χ2n) is 3.45. The van der Waals surface area contributed by atoms with E-state index >= 15 is 0 Å². The molecule has 1 fully saturated rings. The van der Waals surface area contributed by atoms with Crippen LogP contribution in [-0.4, -0.2) is 47.9 Å². The summed E-state index contributed by atoms with van der Waals surface area (Å²) in [4.78, 5) is 15.4. The zero-order chi connectivity index (χ0) is 11.1. The summed E-state index contributed by atoms with van der Waals surface area (Å²) < 4.78 is 0. The first-order valence-corrected chi connectivity index (χ1v) is 5.64. The van der Waals surface area contributed by atoms with Crippen molar-refractivity contribution in [2.24, 2.45) is 0 Å². The van der Waals surface area contributed by atoms with Crippen molar-refractivity contribution in [3.05, 3.63) is 0 Å². The fourth-order valence-electron chi connectivity index (χ4n) is 1.79. The van der Waals surface area contributed by atoms with E-state index in [0.717, 1.165) is 26.2 Å². The van der Waals surface area contributed by atoms with Crippen LogP contribution < -0.4 is 0 Å². The number of likely N-dealkylation sites (N-methyl/N-ethyl adjacent to an activating group) is 1. The molecule has 0 N–H and O–H groups in total. The number of nitrogens with zero attached hydrogens (tertiary/aromatic N) is 2. The van der Waals surface area contributed by atoms with E-state index in [4.69, 9.17) is 0 Å². The lowest BCUT2D eigenvalue weighted by Crippen LogP contribution is -2.53. The number of carbonyl (C=O) groups excluding carboxylic acids is 1. The average molecular weight is 200 g/mol. The third-order valence-electron chi connectivity index (χ3n) is 2.56. The van der Waals surface area contributed by atoms with Crippen molar-refractivity contribution in [1.29, 1.82) is 0 Å². The Hall–Kier alpha value is -0.570. The van der Waals surface area contributed by atoms with Crippen molar-refractivity contribution < 1.29 is 4.79 Å². The van der Waals surface area contributed by atoms with E-state index < -0.39 is 0 Å². The number of carbonyl (C=O) groups is 1. The summed E-state index contributed by atoms with van der Waals surface area (Å²) in [6.07, 6.45) is 0. The van der Waals surface area contributed by atoms with E-state index in [9.17, 15) is 4.79 Å². The van der Waals surface area contributed by atoms with Crippen LogP contribution in [0.2, 0.25) is 0 Å². The second kappa shape index (κ2) is 6.82. The largest absolute Gasteiger partial charge is 0.338 e. The minimum atomic E-state index is 0.207. The van der Waals surface area contributed by atoms with Gasteiger partial charge in [-0.2, -0.15) is 0 Å². The Morgan fingerprint density at radius 2 is 1.93 bits per heavy atom. The van der Waals surface area contributed by atoms with Gasteiger partial charge in [0.2, 0.25) is 5.91 Å². The Bertz CT molecular complexity index is 171.